The van der Waals surface area contributed by atoms with Crippen molar-refractivity contribution in [2.45, 2.75) is 24.8 Å². The third-order valence-electron chi connectivity index (χ3n) is 4.88. The smallest absolute Gasteiger partial charge is 0.145 e. The Kier molecular flexibility index (Phi) is 3.31. The van der Waals surface area contributed by atoms with Gasteiger partial charge in [-0.25, -0.2) is 0 Å². The highest BCUT2D eigenvalue weighted by atomic mass is 16.1. The first-order chi connectivity index (χ1) is 9.26. The number of hydrogen-bond donors (Lipinski definition) is 3. The number of carbonyl (C=O) groups excluding carboxylic acids is 1. The normalized spacial score (nSPS) is 32.6. The minimum atomic E-state index is -0.356. The van der Waals surface area contributed by atoms with Crippen LogP contribution in [0.3, 0.4) is 0 Å². The second-order valence-electron chi connectivity index (χ2n) is 6.07. The van der Waals surface area contributed by atoms with E-state index in [1.807, 2.05) is 6.20 Å². The molecule has 3 N–H and O–H groups in total. The lowest BCUT2D eigenvalue weighted by Crippen LogP contribution is -2.50. The van der Waals surface area contributed by atoms with E-state index in [9.17, 15) is 4.79 Å². The van der Waals surface area contributed by atoms with E-state index in [1.54, 1.807) is 0 Å². The predicted molar refractivity (Wildman–Crippen MR) is 74.1 cm³/mol. The number of rotatable bonds is 5. The van der Waals surface area contributed by atoms with Gasteiger partial charge in [0.15, 0.2) is 0 Å². The van der Waals surface area contributed by atoms with Crippen LogP contribution in [0.15, 0.2) is 11.9 Å². The quantitative estimate of drug-likeness (QED) is 0.494. The van der Waals surface area contributed by atoms with Crippen LogP contribution in [0.1, 0.15) is 19.3 Å². The summed E-state index contributed by atoms with van der Waals surface area (Å²) in [4.78, 5) is 13.4. The van der Waals surface area contributed by atoms with Crippen molar-refractivity contribution in [2.75, 3.05) is 26.2 Å². The lowest BCUT2D eigenvalue weighted by atomic mass is 9.78. The second-order valence-corrected chi connectivity index (χ2v) is 6.07. The van der Waals surface area contributed by atoms with E-state index in [2.05, 4.69) is 15.5 Å². The molecule has 1 saturated carbocycles. The lowest BCUT2D eigenvalue weighted by molar-refractivity contribution is -0.115. The van der Waals surface area contributed by atoms with E-state index in [0.717, 1.165) is 57.4 Å². The number of likely N-dealkylation sites (tertiary alicyclic amines) is 1. The summed E-state index contributed by atoms with van der Waals surface area (Å²) in [7, 11) is 0. The topological polar surface area (TPSA) is 68.2 Å². The van der Waals surface area contributed by atoms with Crippen LogP contribution in [0, 0.1) is 17.2 Å². The van der Waals surface area contributed by atoms with E-state index < -0.39 is 0 Å². The van der Waals surface area contributed by atoms with Gasteiger partial charge in [-0.1, -0.05) is 0 Å². The Morgan fingerprint density at radius 3 is 2.47 bits per heavy atom. The Bertz CT molecular complexity index is 390. The van der Waals surface area contributed by atoms with Crippen LogP contribution in [-0.2, 0) is 4.79 Å². The molecular weight excluding hydrogens is 240 g/mol. The molecule has 3 fully saturated rings. The van der Waals surface area contributed by atoms with Crippen molar-refractivity contribution in [3.63, 3.8) is 0 Å². The van der Waals surface area contributed by atoms with Crippen molar-refractivity contribution in [1.29, 1.82) is 5.41 Å². The molecule has 2 unspecified atom stereocenters. The molecule has 0 aromatic heterocycles. The standard InChI is InChI=1S/C14H22N4O/c15-4-13(7-17-14(10-19)2-1-3-14)18-8-11-5-16-6-12(11)9-18/h4,7,10-12,15-17H,1-3,5-6,8-9H2/b13-7+,15-4?. The summed E-state index contributed by atoms with van der Waals surface area (Å²) in [5.41, 5.74) is 0.549. The van der Waals surface area contributed by atoms with Crippen LogP contribution < -0.4 is 10.6 Å². The molecule has 5 heteroatoms. The molecule has 0 aromatic carbocycles. The average molecular weight is 262 g/mol. The molecule has 19 heavy (non-hydrogen) atoms. The summed E-state index contributed by atoms with van der Waals surface area (Å²) >= 11 is 0. The van der Waals surface area contributed by atoms with E-state index in [-0.39, 0.29) is 5.54 Å². The van der Waals surface area contributed by atoms with Crippen molar-refractivity contribution in [3.8, 4) is 0 Å². The molecule has 0 radical (unpaired) electrons. The average Bonchev–Trinajstić information content (AvgIpc) is 2.93. The van der Waals surface area contributed by atoms with Crippen molar-refractivity contribution in [1.82, 2.24) is 15.5 Å². The van der Waals surface area contributed by atoms with Gasteiger partial charge in [0, 0.05) is 38.6 Å². The first kappa shape index (κ1) is 12.7. The lowest BCUT2D eigenvalue weighted by Gasteiger charge is -2.37. The fourth-order valence-corrected chi connectivity index (χ4v) is 3.36. The molecule has 0 bridgehead atoms. The van der Waals surface area contributed by atoms with Crippen LogP contribution in [0.25, 0.3) is 0 Å². The monoisotopic (exact) mass is 262 g/mol. The highest BCUT2D eigenvalue weighted by Gasteiger charge is 2.38. The molecule has 0 aromatic rings. The molecule has 2 aliphatic heterocycles. The maximum absolute atomic E-state index is 11.1. The summed E-state index contributed by atoms with van der Waals surface area (Å²) in [6.45, 7) is 4.24. The first-order valence-corrected chi connectivity index (χ1v) is 7.17. The Morgan fingerprint density at radius 1 is 1.32 bits per heavy atom. The van der Waals surface area contributed by atoms with Gasteiger partial charge in [0.1, 0.15) is 6.29 Å². The van der Waals surface area contributed by atoms with Crippen molar-refractivity contribution < 1.29 is 4.79 Å². The zero-order chi connectivity index (χ0) is 13.3. The molecule has 0 amide bonds. The maximum Gasteiger partial charge on any atom is 0.145 e. The van der Waals surface area contributed by atoms with Crippen LogP contribution in [0.4, 0.5) is 0 Å². The van der Waals surface area contributed by atoms with E-state index in [1.165, 1.54) is 6.21 Å². The third-order valence-corrected chi connectivity index (χ3v) is 4.88. The SMILES string of the molecule is N=C/C(=C\NC1(C=O)CCC1)N1CC2CNCC2C1. The Labute approximate surface area is 113 Å². The van der Waals surface area contributed by atoms with E-state index >= 15 is 0 Å². The number of nitrogens with zero attached hydrogens (tertiary/aromatic N) is 1. The van der Waals surface area contributed by atoms with Gasteiger partial charge in [0.25, 0.3) is 0 Å². The molecule has 2 heterocycles. The molecule has 3 rings (SSSR count). The van der Waals surface area contributed by atoms with Gasteiger partial charge < -0.3 is 25.7 Å². The molecular formula is C14H22N4O. The van der Waals surface area contributed by atoms with Gasteiger partial charge in [0.2, 0.25) is 0 Å². The zero-order valence-electron chi connectivity index (χ0n) is 11.2. The highest BCUT2D eigenvalue weighted by molar-refractivity contribution is 5.75. The van der Waals surface area contributed by atoms with Crippen LogP contribution in [-0.4, -0.2) is 49.1 Å². The van der Waals surface area contributed by atoms with Crippen LogP contribution >= 0.6 is 0 Å². The Morgan fingerprint density at radius 2 is 2.00 bits per heavy atom. The van der Waals surface area contributed by atoms with E-state index in [0.29, 0.717) is 11.8 Å². The Hall–Kier alpha value is -1.36. The minimum absolute atomic E-state index is 0.356. The number of allylic oxidation sites excluding steroid dienone is 1. The summed E-state index contributed by atoms with van der Waals surface area (Å²) in [6, 6.07) is 0. The number of carbonyl (C=O) groups is 1. The summed E-state index contributed by atoms with van der Waals surface area (Å²) < 4.78 is 0. The largest absolute Gasteiger partial charge is 0.377 e. The summed E-state index contributed by atoms with van der Waals surface area (Å²) in [5.74, 6) is 1.43. The maximum atomic E-state index is 11.1. The molecule has 2 saturated heterocycles. The Balaban J connectivity index is 1.64. The van der Waals surface area contributed by atoms with Gasteiger partial charge in [0.05, 0.1) is 11.2 Å². The molecule has 1 aliphatic carbocycles. The van der Waals surface area contributed by atoms with Crippen LogP contribution in [0.5, 0.6) is 0 Å². The molecule has 2 atom stereocenters. The molecule has 3 aliphatic rings. The van der Waals surface area contributed by atoms with Crippen molar-refractivity contribution in [2.24, 2.45) is 11.8 Å². The minimum Gasteiger partial charge on any atom is -0.377 e. The van der Waals surface area contributed by atoms with Crippen molar-refractivity contribution >= 4 is 12.5 Å². The summed E-state index contributed by atoms with van der Waals surface area (Å²) in [5, 5.41) is 14.3. The zero-order valence-corrected chi connectivity index (χ0v) is 11.2. The molecule has 5 nitrogen and oxygen atoms in total. The van der Waals surface area contributed by atoms with Crippen LogP contribution in [0.2, 0.25) is 0 Å². The van der Waals surface area contributed by atoms with Gasteiger partial charge in [-0.2, -0.15) is 0 Å². The fourth-order valence-electron chi connectivity index (χ4n) is 3.36. The molecule has 0 spiro atoms. The first-order valence-electron chi connectivity index (χ1n) is 7.17. The van der Waals surface area contributed by atoms with Gasteiger partial charge in [-0.05, 0) is 31.1 Å². The van der Waals surface area contributed by atoms with Gasteiger partial charge in [-0.15, -0.1) is 0 Å². The number of aldehydes is 1. The van der Waals surface area contributed by atoms with Gasteiger partial charge >= 0.3 is 0 Å². The van der Waals surface area contributed by atoms with Crippen molar-refractivity contribution in [3.05, 3.63) is 11.9 Å². The number of nitrogens with one attached hydrogen (secondary N) is 3. The third kappa shape index (κ3) is 2.27. The summed E-state index contributed by atoms with van der Waals surface area (Å²) in [6.07, 6.45) is 7.23. The fraction of sp³-hybridized carbons (Fsp3) is 0.714. The highest BCUT2D eigenvalue weighted by Crippen LogP contribution is 2.31. The van der Waals surface area contributed by atoms with E-state index in [4.69, 9.17) is 5.41 Å². The number of fused-ring (bicyclic) bond motifs is 1. The van der Waals surface area contributed by atoms with Gasteiger partial charge in [-0.3, -0.25) is 0 Å². The second kappa shape index (κ2) is 4.96. The molecule has 104 valence electrons. The number of hydrogen-bond acceptors (Lipinski definition) is 5. The predicted octanol–water partition coefficient (Wildman–Crippen LogP) is 0.340.